The van der Waals surface area contributed by atoms with Gasteiger partial charge in [-0.3, -0.25) is 4.79 Å². The number of aromatic nitrogens is 2. The Kier molecular flexibility index (Phi) is 4.90. The SMILES string of the molecule is O=C(Cn1c(NCCO)nc2ccccc21)Nc1ccc(F)c(F)c1. The summed E-state index contributed by atoms with van der Waals surface area (Å²) in [6, 6.07) is 10.4. The van der Waals surface area contributed by atoms with Gasteiger partial charge in [0.1, 0.15) is 6.54 Å². The van der Waals surface area contributed by atoms with E-state index < -0.39 is 17.5 Å². The van der Waals surface area contributed by atoms with Gasteiger partial charge >= 0.3 is 0 Å². The van der Waals surface area contributed by atoms with Gasteiger partial charge < -0.3 is 20.3 Å². The normalized spacial score (nSPS) is 10.8. The maximum atomic E-state index is 13.2. The molecule has 130 valence electrons. The molecule has 3 aromatic rings. The van der Waals surface area contributed by atoms with E-state index in [0.29, 0.717) is 11.5 Å². The van der Waals surface area contributed by atoms with Gasteiger partial charge in [0.15, 0.2) is 11.6 Å². The quantitative estimate of drug-likeness (QED) is 0.640. The second-order valence-electron chi connectivity index (χ2n) is 5.34. The molecular formula is C17H16F2N4O2. The Bertz CT molecular complexity index is 911. The average Bonchev–Trinajstić information content (AvgIpc) is 2.94. The molecule has 0 aliphatic heterocycles. The summed E-state index contributed by atoms with van der Waals surface area (Å²) in [7, 11) is 0. The lowest BCUT2D eigenvalue weighted by Crippen LogP contribution is -2.21. The molecule has 3 N–H and O–H groups in total. The van der Waals surface area contributed by atoms with Crippen molar-refractivity contribution in [3.8, 4) is 0 Å². The van der Waals surface area contributed by atoms with E-state index in [1.54, 1.807) is 4.57 Å². The minimum absolute atomic E-state index is 0.0761. The van der Waals surface area contributed by atoms with Crippen LogP contribution in [-0.2, 0) is 11.3 Å². The van der Waals surface area contributed by atoms with Gasteiger partial charge in [-0.05, 0) is 24.3 Å². The molecule has 0 saturated heterocycles. The number of hydrogen-bond acceptors (Lipinski definition) is 4. The van der Waals surface area contributed by atoms with Crippen LogP contribution in [0.2, 0.25) is 0 Å². The van der Waals surface area contributed by atoms with Gasteiger partial charge in [-0.15, -0.1) is 0 Å². The Morgan fingerprint density at radius 2 is 1.96 bits per heavy atom. The number of para-hydroxylation sites is 2. The van der Waals surface area contributed by atoms with Gasteiger partial charge in [-0.25, -0.2) is 13.8 Å². The van der Waals surface area contributed by atoms with Crippen LogP contribution in [0.15, 0.2) is 42.5 Å². The van der Waals surface area contributed by atoms with Crippen LogP contribution >= 0.6 is 0 Å². The zero-order chi connectivity index (χ0) is 17.8. The summed E-state index contributed by atoms with van der Waals surface area (Å²) in [5.74, 6) is -1.98. The highest BCUT2D eigenvalue weighted by atomic mass is 19.2. The Hall–Kier alpha value is -3.00. The minimum Gasteiger partial charge on any atom is -0.395 e. The summed E-state index contributed by atoms with van der Waals surface area (Å²) < 4.78 is 27.9. The second kappa shape index (κ2) is 7.27. The number of carbonyl (C=O) groups is 1. The summed E-state index contributed by atoms with van der Waals surface area (Å²) in [4.78, 5) is 16.7. The topological polar surface area (TPSA) is 79.2 Å². The number of rotatable bonds is 6. The average molecular weight is 346 g/mol. The van der Waals surface area contributed by atoms with Crippen molar-refractivity contribution in [3.05, 3.63) is 54.1 Å². The van der Waals surface area contributed by atoms with E-state index in [9.17, 15) is 13.6 Å². The van der Waals surface area contributed by atoms with E-state index in [1.807, 2.05) is 24.3 Å². The smallest absolute Gasteiger partial charge is 0.244 e. The van der Waals surface area contributed by atoms with E-state index in [4.69, 9.17) is 5.11 Å². The van der Waals surface area contributed by atoms with Crippen molar-refractivity contribution >= 4 is 28.6 Å². The molecular weight excluding hydrogens is 330 g/mol. The zero-order valence-corrected chi connectivity index (χ0v) is 13.2. The fourth-order valence-electron chi connectivity index (χ4n) is 2.46. The molecule has 0 spiro atoms. The standard InChI is InChI=1S/C17H16F2N4O2/c18-12-6-5-11(9-13(12)19)21-16(25)10-23-15-4-2-1-3-14(15)22-17(23)20-7-8-24/h1-6,9,24H,7-8,10H2,(H,20,22)(H,21,25). The maximum absolute atomic E-state index is 13.2. The molecule has 0 aliphatic rings. The number of nitrogens with one attached hydrogen (secondary N) is 2. The third-order valence-corrected chi connectivity index (χ3v) is 3.55. The molecule has 0 atom stereocenters. The van der Waals surface area contributed by atoms with Crippen LogP contribution in [-0.4, -0.2) is 33.7 Å². The van der Waals surface area contributed by atoms with Crippen LogP contribution < -0.4 is 10.6 Å². The molecule has 0 bridgehead atoms. The molecule has 25 heavy (non-hydrogen) atoms. The van der Waals surface area contributed by atoms with Crippen molar-refractivity contribution in [2.45, 2.75) is 6.54 Å². The predicted octanol–water partition coefficient (Wildman–Crippen LogP) is 2.36. The zero-order valence-electron chi connectivity index (χ0n) is 13.2. The number of amides is 1. The van der Waals surface area contributed by atoms with Crippen LogP contribution in [0.1, 0.15) is 0 Å². The van der Waals surface area contributed by atoms with Crippen molar-refractivity contribution in [3.63, 3.8) is 0 Å². The molecule has 0 saturated carbocycles. The number of aliphatic hydroxyl groups is 1. The minimum atomic E-state index is -1.03. The van der Waals surface area contributed by atoms with Crippen molar-refractivity contribution < 1.29 is 18.7 Å². The van der Waals surface area contributed by atoms with Gasteiger partial charge in [0.2, 0.25) is 11.9 Å². The number of aliphatic hydroxyl groups excluding tert-OH is 1. The first-order valence-electron chi connectivity index (χ1n) is 7.63. The second-order valence-corrected chi connectivity index (χ2v) is 5.34. The van der Waals surface area contributed by atoms with Crippen molar-refractivity contribution in [2.75, 3.05) is 23.8 Å². The third kappa shape index (κ3) is 3.74. The molecule has 3 rings (SSSR count). The maximum Gasteiger partial charge on any atom is 0.244 e. The fourth-order valence-corrected chi connectivity index (χ4v) is 2.46. The van der Waals surface area contributed by atoms with E-state index >= 15 is 0 Å². The number of fused-ring (bicyclic) bond motifs is 1. The third-order valence-electron chi connectivity index (χ3n) is 3.55. The lowest BCUT2D eigenvalue weighted by Gasteiger charge is -2.11. The lowest BCUT2D eigenvalue weighted by molar-refractivity contribution is -0.116. The number of nitrogens with zero attached hydrogens (tertiary/aromatic N) is 2. The highest BCUT2D eigenvalue weighted by molar-refractivity contribution is 5.92. The largest absolute Gasteiger partial charge is 0.395 e. The van der Waals surface area contributed by atoms with Crippen molar-refractivity contribution in [2.24, 2.45) is 0 Å². The molecule has 6 nitrogen and oxygen atoms in total. The van der Waals surface area contributed by atoms with Crippen LogP contribution in [0.25, 0.3) is 11.0 Å². The number of carbonyl (C=O) groups excluding carboxylic acids is 1. The van der Waals surface area contributed by atoms with Crippen molar-refractivity contribution in [1.82, 2.24) is 9.55 Å². The summed E-state index contributed by atoms with van der Waals surface area (Å²) in [5, 5.41) is 14.4. The van der Waals surface area contributed by atoms with Gasteiger partial charge in [0.25, 0.3) is 0 Å². The lowest BCUT2D eigenvalue weighted by atomic mass is 10.3. The molecule has 1 aromatic heterocycles. The Morgan fingerprint density at radius 1 is 1.16 bits per heavy atom. The van der Waals surface area contributed by atoms with E-state index in [0.717, 1.165) is 17.6 Å². The van der Waals surface area contributed by atoms with Gasteiger partial charge in [0.05, 0.1) is 17.6 Å². The number of benzene rings is 2. The van der Waals surface area contributed by atoms with E-state index in [1.165, 1.54) is 6.07 Å². The Morgan fingerprint density at radius 3 is 2.72 bits per heavy atom. The Balaban J connectivity index is 1.83. The number of hydrogen-bond donors (Lipinski definition) is 3. The van der Waals surface area contributed by atoms with Crippen LogP contribution in [0.3, 0.4) is 0 Å². The van der Waals surface area contributed by atoms with Gasteiger partial charge in [-0.1, -0.05) is 12.1 Å². The number of imidazole rings is 1. The summed E-state index contributed by atoms with van der Waals surface area (Å²) >= 11 is 0. The molecule has 1 amide bonds. The molecule has 2 aromatic carbocycles. The highest BCUT2D eigenvalue weighted by Crippen LogP contribution is 2.20. The molecule has 8 heteroatoms. The molecule has 0 fully saturated rings. The Labute approximate surface area is 142 Å². The monoisotopic (exact) mass is 346 g/mol. The first-order valence-corrected chi connectivity index (χ1v) is 7.63. The first kappa shape index (κ1) is 16.8. The van der Waals surface area contributed by atoms with Crippen LogP contribution in [0.4, 0.5) is 20.4 Å². The molecule has 0 aliphatic carbocycles. The number of halogens is 2. The summed E-state index contributed by atoms with van der Waals surface area (Å²) in [6.45, 7) is 0.131. The van der Waals surface area contributed by atoms with Crippen LogP contribution in [0.5, 0.6) is 0 Å². The molecule has 1 heterocycles. The molecule has 0 radical (unpaired) electrons. The number of anilines is 2. The van der Waals surface area contributed by atoms with Gasteiger partial charge in [-0.2, -0.15) is 0 Å². The van der Waals surface area contributed by atoms with Gasteiger partial charge in [0, 0.05) is 18.3 Å². The summed E-state index contributed by atoms with van der Waals surface area (Å²) in [5.41, 5.74) is 1.60. The van der Waals surface area contributed by atoms with E-state index in [-0.39, 0.29) is 25.4 Å². The predicted molar refractivity (Wildman–Crippen MR) is 90.3 cm³/mol. The van der Waals surface area contributed by atoms with Crippen molar-refractivity contribution in [1.29, 1.82) is 0 Å². The van der Waals surface area contributed by atoms with Crippen LogP contribution in [0, 0.1) is 11.6 Å². The summed E-state index contributed by atoms with van der Waals surface area (Å²) in [6.07, 6.45) is 0. The first-order chi connectivity index (χ1) is 12.1. The fraction of sp³-hybridized carbons (Fsp3) is 0.176. The molecule has 0 unspecified atom stereocenters. The highest BCUT2D eigenvalue weighted by Gasteiger charge is 2.14. The van der Waals surface area contributed by atoms with E-state index in [2.05, 4.69) is 15.6 Å².